The van der Waals surface area contributed by atoms with Gasteiger partial charge in [0.05, 0.1) is 17.3 Å². The molecule has 0 spiro atoms. The summed E-state index contributed by atoms with van der Waals surface area (Å²) in [7, 11) is 0. The average Bonchev–Trinajstić information content (AvgIpc) is 2.46. The molecular formula is C14H12F2N6O. The lowest BCUT2D eigenvalue weighted by molar-refractivity contribution is -0.0499. The van der Waals surface area contributed by atoms with Gasteiger partial charge in [0.2, 0.25) is 5.96 Å². The van der Waals surface area contributed by atoms with E-state index < -0.39 is 6.61 Å². The summed E-state index contributed by atoms with van der Waals surface area (Å²) in [5, 5.41) is 26.7. The van der Waals surface area contributed by atoms with Crippen molar-refractivity contribution in [1.82, 2.24) is 5.32 Å². The Morgan fingerprint density at radius 2 is 2.22 bits per heavy atom. The number of hydrogen-bond donors (Lipinski definition) is 3. The second-order valence-electron chi connectivity index (χ2n) is 4.50. The second kappa shape index (κ2) is 6.65. The van der Waals surface area contributed by atoms with Gasteiger partial charge in [-0.05, 0) is 31.2 Å². The van der Waals surface area contributed by atoms with Gasteiger partial charge in [-0.25, -0.2) is 0 Å². The number of benzene rings is 1. The van der Waals surface area contributed by atoms with Gasteiger partial charge in [0.15, 0.2) is 0 Å². The standard InChI is InChI=1S/C14H12F2N6O/c1-7(18)4-10-12(21-22-14(19)20-10)9-3-2-8(6-17)5-11(9)23-13(15)16/h2-5,13,18H,1H3,(H3,19,20,22)/b10-4-,18-7?. The molecule has 1 aliphatic heterocycles. The van der Waals surface area contributed by atoms with Crippen LogP contribution in [0.25, 0.3) is 0 Å². The number of nitrogens with zero attached hydrogens (tertiary/aromatic N) is 3. The molecule has 0 saturated carbocycles. The zero-order valence-electron chi connectivity index (χ0n) is 12.0. The van der Waals surface area contributed by atoms with Crippen molar-refractivity contribution in [2.24, 2.45) is 15.9 Å². The molecule has 23 heavy (non-hydrogen) atoms. The number of halogens is 2. The van der Waals surface area contributed by atoms with Crippen LogP contribution in [0.3, 0.4) is 0 Å². The number of alkyl halides is 2. The highest BCUT2D eigenvalue weighted by molar-refractivity contribution is 6.19. The van der Waals surface area contributed by atoms with Crippen LogP contribution in [-0.4, -0.2) is 24.0 Å². The molecule has 1 heterocycles. The Labute approximate surface area is 130 Å². The van der Waals surface area contributed by atoms with Crippen molar-refractivity contribution in [2.75, 3.05) is 0 Å². The summed E-state index contributed by atoms with van der Waals surface area (Å²) in [5.41, 5.74) is 6.56. The van der Waals surface area contributed by atoms with Gasteiger partial charge in [-0.3, -0.25) is 0 Å². The Balaban J connectivity index is 2.58. The molecule has 0 atom stereocenters. The average molecular weight is 318 g/mol. The van der Waals surface area contributed by atoms with Crippen molar-refractivity contribution in [1.29, 1.82) is 10.7 Å². The van der Waals surface area contributed by atoms with Crippen molar-refractivity contribution in [3.63, 3.8) is 0 Å². The molecule has 118 valence electrons. The normalized spacial score (nSPS) is 15.5. The van der Waals surface area contributed by atoms with Gasteiger partial charge >= 0.3 is 6.61 Å². The van der Waals surface area contributed by atoms with Crippen LogP contribution < -0.4 is 15.8 Å². The Bertz CT molecular complexity index is 776. The number of guanidine groups is 1. The van der Waals surface area contributed by atoms with E-state index in [4.69, 9.17) is 16.4 Å². The first-order valence-corrected chi connectivity index (χ1v) is 6.35. The van der Waals surface area contributed by atoms with Crippen molar-refractivity contribution in [3.8, 4) is 11.8 Å². The Morgan fingerprint density at radius 1 is 1.48 bits per heavy atom. The third-order valence-corrected chi connectivity index (χ3v) is 2.72. The van der Waals surface area contributed by atoms with Gasteiger partial charge in [-0.15, -0.1) is 10.2 Å². The molecule has 4 N–H and O–H groups in total. The molecule has 0 fully saturated rings. The van der Waals surface area contributed by atoms with E-state index in [1.165, 1.54) is 31.2 Å². The topological polar surface area (TPSA) is 120 Å². The van der Waals surface area contributed by atoms with E-state index in [0.29, 0.717) is 5.70 Å². The minimum atomic E-state index is -3.06. The van der Waals surface area contributed by atoms with E-state index in [-0.39, 0.29) is 34.3 Å². The first kappa shape index (κ1) is 16.1. The van der Waals surface area contributed by atoms with Crippen LogP contribution >= 0.6 is 0 Å². The van der Waals surface area contributed by atoms with Crippen LogP contribution in [0.15, 0.2) is 40.2 Å². The zero-order valence-corrected chi connectivity index (χ0v) is 12.0. The lowest BCUT2D eigenvalue weighted by Crippen LogP contribution is -2.37. The minimum absolute atomic E-state index is 0.00576. The fraction of sp³-hybridized carbons (Fsp3) is 0.143. The third-order valence-electron chi connectivity index (χ3n) is 2.72. The zero-order chi connectivity index (χ0) is 17.0. The molecule has 1 aromatic rings. The second-order valence-corrected chi connectivity index (χ2v) is 4.50. The summed E-state index contributed by atoms with van der Waals surface area (Å²) in [4.78, 5) is 0. The van der Waals surface area contributed by atoms with Crippen molar-refractivity contribution in [2.45, 2.75) is 13.5 Å². The molecule has 0 radical (unpaired) electrons. The van der Waals surface area contributed by atoms with Gasteiger partial charge in [0.25, 0.3) is 0 Å². The summed E-state index contributed by atoms with van der Waals surface area (Å²) in [6, 6.07) is 5.88. The van der Waals surface area contributed by atoms with Crippen molar-refractivity contribution >= 4 is 17.4 Å². The predicted octanol–water partition coefficient (Wildman–Crippen LogP) is 1.71. The molecule has 0 bridgehead atoms. The van der Waals surface area contributed by atoms with E-state index >= 15 is 0 Å². The molecule has 0 aromatic heterocycles. The van der Waals surface area contributed by atoms with E-state index in [2.05, 4.69) is 20.3 Å². The van der Waals surface area contributed by atoms with Crippen LogP contribution in [0, 0.1) is 16.7 Å². The first-order valence-electron chi connectivity index (χ1n) is 6.35. The summed E-state index contributed by atoms with van der Waals surface area (Å²) in [5.74, 6) is -0.213. The number of nitrogens with one attached hydrogen (secondary N) is 2. The highest BCUT2D eigenvalue weighted by Crippen LogP contribution is 2.26. The Hall–Kier alpha value is -3.28. The molecule has 1 aliphatic rings. The monoisotopic (exact) mass is 318 g/mol. The SMILES string of the molecule is CC(=N)/C=C1\NC(N)=NN=C1c1ccc(C#N)cc1OC(F)F. The van der Waals surface area contributed by atoms with Crippen molar-refractivity contribution in [3.05, 3.63) is 41.1 Å². The molecule has 9 heteroatoms. The molecule has 0 aliphatic carbocycles. The quantitative estimate of drug-likeness (QED) is 0.732. The lowest BCUT2D eigenvalue weighted by atomic mass is 10.0. The molecule has 0 unspecified atom stereocenters. The number of rotatable bonds is 4. The van der Waals surface area contributed by atoms with Gasteiger partial charge in [0, 0.05) is 11.3 Å². The van der Waals surface area contributed by atoms with Crippen LogP contribution in [-0.2, 0) is 0 Å². The van der Waals surface area contributed by atoms with Crippen LogP contribution in [0.2, 0.25) is 0 Å². The number of nitrogens with two attached hydrogens (primary N) is 1. The smallest absolute Gasteiger partial charge is 0.387 e. The molecule has 1 aromatic carbocycles. The van der Waals surface area contributed by atoms with Gasteiger partial charge < -0.3 is 21.2 Å². The number of hydrogen-bond acceptors (Lipinski definition) is 7. The minimum Gasteiger partial charge on any atom is -0.434 e. The largest absolute Gasteiger partial charge is 0.434 e. The Morgan fingerprint density at radius 3 is 2.83 bits per heavy atom. The maximum absolute atomic E-state index is 12.6. The first-order chi connectivity index (χ1) is 10.9. The fourth-order valence-corrected chi connectivity index (χ4v) is 1.88. The predicted molar refractivity (Wildman–Crippen MR) is 80.6 cm³/mol. The molecule has 7 nitrogen and oxygen atoms in total. The Kier molecular flexibility index (Phi) is 4.66. The van der Waals surface area contributed by atoms with Gasteiger partial charge in [-0.2, -0.15) is 14.0 Å². The maximum atomic E-state index is 12.6. The highest BCUT2D eigenvalue weighted by atomic mass is 19.3. The van der Waals surface area contributed by atoms with Crippen molar-refractivity contribution < 1.29 is 13.5 Å². The summed E-state index contributed by atoms with van der Waals surface area (Å²) in [6.45, 7) is -1.53. The number of allylic oxidation sites excluding steroid dienone is 2. The number of nitriles is 1. The highest BCUT2D eigenvalue weighted by Gasteiger charge is 2.21. The van der Waals surface area contributed by atoms with E-state index in [9.17, 15) is 8.78 Å². The molecule has 2 rings (SSSR count). The van der Waals surface area contributed by atoms with Crippen LogP contribution in [0.5, 0.6) is 5.75 Å². The van der Waals surface area contributed by atoms with E-state index in [0.717, 1.165) is 0 Å². The van der Waals surface area contributed by atoms with E-state index in [1.54, 1.807) is 0 Å². The lowest BCUT2D eigenvalue weighted by Gasteiger charge is -2.18. The summed E-state index contributed by atoms with van der Waals surface area (Å²) >= 11 is 0. The van der Waals surface area contributed by atoms with Gasteiger partial charge in [-0.1, -0.05) is 0 Å². The van der Waals surface area contributed by atoms with E-state index in [1.807, 2.05) is 6.07 Å². The maximum Gasteiger partial charge on any atom is 0.387 e. The summed E-state index contributed by atoms with van der Waals surface area (Å²) < 4.78 is 29.7. The summed E-state index contributed by atoms with van der Waals surface area (Å²) in [6.07, 6.45) is 1.42. The molecule has 0 saturated heterocycles. The van der Waals surface area contributed by atoms with Crippen LogP contribution in [0.4, 0.5) is 8.78 Å². The number of ether oxygens (including phenoxy) is 1. The fourth-order valence-electron chi connectivity index (χ4n) is 1.88. The molecular weight excluding hydrogens is 306 g/mol. The molecule has 0 amide bonds. The van der Waals surface area contributed by atoms with Gasteiger partial charge in [0.1, 0.15) is 11.5 Å². The van der Waals surface area contributed by atoms with Crippen LogP contribution in [0.1, 0.15) is 18.1 Å². The third kappa shape index (κ3) is 3.88.